The molecule has 8 nitrogen and oxygen atoms in total. The molecule has 2 amide bonds. The Labute approximate surface area is 133 Å². The van der Waals surface area contributed by atoms with Gasteiger partial charge in [-0.05, 0) is 32.9 Å². The minimum absolute atomic E-state index is 0.193. The van der Waals surface area contributed by atoms with Crippen molar-refractivity contribution < 1.29 is 23.9 Å². The highest BCUT2D eigenvalue weighted by Gasteiger charge is 2.40. The van der Waals surface area contributed by atoms with E-state index in [2.05, 4.69) is 10.3 Å². The molecule has 2 rings (SSSR count). The van der Waals surface area contributed by atoms with Gasteiger partial charge in [0.1, 0.15) is 6.04 Å². The summed E-state index contributed by atoms with van der Waals surface area (Å²) in [5, 5.41) is 2.64. The summed E-state index contributed by atoms with van der Waals surface area (Å²) in [5.74, 6) is -0.819. The molecule has 1 aliphatic rings. The van der Waals surface area contributed by atoms with Crippen LogP contribution in [0.25, 0.3) is 0 Å². The number of nitrogens with zero attached hydrogens (tertiary/aromatic N) is 2. The number of nitrogens with one attached hydrogen (secondary N) is 1. The lowest BCUT2D eigenvalue weighted by Crippen LogP contribution is -2.53. The molecule has 2 heterocycles. The van der Waals surface area contributed by atoms with E-state index in [9.17, 15) is 14.4 Å². The smallest absolute Gasteiger partial charge is 0.416 e. The second-order valence-corrected chi connectivity index (χ2v) is 5.19. The van der Waals surface area contributed by atoms with E-state index in [1.54, 1.807) is 32.9 Å². The van der Waals surface area contributed by atoms with Crippen molar-refractivity contribution in [3.8, 4) is 0 Å². The third-order valence-electron chi connectivity index (χ3n) is 3.09. The van der Waals surface area contributed by atoms with Crippen molar-refractivity contribution in [1.29, 1.82) is 0 Å². The summed E-state index contributed by atoms with van der Waals surface area (Å²) in [7, 11) is 0. The van der Waals surface area contributed by atoms with Crippen molar-refractivity contribution in [2.24, 2.45) is 0 Å². The van der Waals surface area contributed by atoms with Gasteiger partial charge >= 0.3 is 12.1 Å². The first-order chi connectivity index (χ1) is 10.9. The van der Waals surface area contributed by atoms with Crippen LogP contribution in [0.1, 0.15) is 27.2 Å². The summed E-state index contributed by atoms with van der Waals surface area (Å²) in [6.07, 6.45) is 0.114. The number of aromatic nitrogens is 1. The maximum atomic E-state index is 12.4. The zero-order valence-corrected chi connectivity index (χ0v) is 13.2. The van der Waals surface area contributed by atoms with Gasteiger partial charge in [0.2, 0.25) is 5.91 Å². The van der Waals surface area contributed by atoms with Gasteiger partial charge in [0.15, 0.2) is 5.82 Å². The van der Waals surface area contributed by atoms with Crippen LogP contribution >= 0.6 is 0 Å². The SMILES string of the molecule is CCOC(=O)CC1C(=O)Nc2cccnc2N1C(=O)OC(C)C. The third-order valence-corrected chi connectivity index (χ3v) is 3.09. The van der Waals surface area contributed by atoms with Crippen LogP contribution < -0.4 is 10.2 Å². The number of fused-ring (bicyclic) bond motifs is 1. The van der Waals surface area contributed by atoms with Crippen molar-refractivity contribution in [2.75, 3.05) is 16.8 Å². The number of hydrogen-bond acceptors (Lipinski definition) is 6. The summed E-state index contributed by atoms with van der Waals surface area (Å²) >= 11 is 0. The normalized spacial score (nSPS) is 16.6. The van der Waals surface area contributed by atoms with E-state index in [0.29, 0.717) is 5.69 Å². The molecule has 0 saturated heterocycles. The number of anilines is 2. The largest absolute Gasteiger partial charge is 0.466 e. The summed E-state index contributed by atoms with van der Waals surface area (Å²) in [6.45, 7) is 5.25. The van der Waals surface area contributed by atoms with Gasteiger partial charge in [-0.1, -0.05) is 0 Å². The Balaban J connectivity index is 2.36. The molecule has 8 heteroatoms. The summed E-state index contributed by atoms with van der Waals surface area (Å²) in [4.78, 5) is 41.7. The van der Waals surface area contributed by atoms with E-state index in [1.165, 1.54) is 6.20 Å². The minimum atomic E-state index is -1.07. The number of ether oxygens (including phenoxy) is 2. The Hall–Kier alpha value is -2.64. The lowest BCUT2D eigenvalue weighted by molar-refractivity contribution is -0.144. The molecule has 1 N–H and O–H groups in total. The molecule has 0 aliphatic carbocycles. The van der Waals surface area contributed by atoms with Gasteiger partial charge in [-0.2, -0.15) is 0 Å². The van der Waals surface area contributed by atoms with E-state index in [-0.39, 0.29) is 24.9 Å². The molecule has 1 unspecified atom stereocenters. The Morgan fingerprint density at radius 3 is 2.83 bits per heavy atom. The van der Waals surface area contributed by atoms with Crippen molar-refractivity contribution >= 4 is 29.5 Å². The van der Waals surface area contributed by atoms with E-state index in [4.69, 9.17) is 9.47 Å². The van der Waals surface area contributed by atoms with Crippen LogP contribution in [0.4, 0.5) is 16.3 Å². The number of esters is 1. The Kier molecular flexibility index (Phi) is 5.15. The minimum Gasteiger partial charge on any atom is -0.466 e. The van der Waals surface area contributed by atoms with Crippen LogP contribution in [0.15, 0.2) is 18.3 Å². The average molecular weight is 321 g/mol. The van der Waals surface area contributed by atoms with E-state index in [0.717, 1.165) is 4.90 Å². The Bertz CT molecular complexity index is 617. The highest BCUT2D eigenvalue weighted by Crippen LogP contribution is 2.31. The van der Waals surface area contributed by atoms with E-state index < -0.39 is 24.0 Å². The van der Waals surface area contributed by atoms with E-state index in [1.807, 2.05) is 0 Å². The molecule has 1 atom stereocenters. The van der Waals surface area contributed by atoms with Crippen molar-refractivity contribution in [3.63, 3.8) is 0 Å². The highest BCUT2D eigenvalue weighted by atomic mass is 16.6. The molecule has 0 aromatic carbocycles. The predicted octanol–water partition coefficient (Wildman–Crippen LogP) is 1.71. The first-order valence-corrected chi connectivity index (χ1v) is 7.35. The van der Waals surface area contributed by atoms with Gasteiger partial charge < -0.3 is 14.8 Å². The zero-order chi connectivity index (χ0) is 17.0. The fourth-order valence-electron chi connectivity index (χ4n) is 2.20. The summed E-state index contributed by atoms with van der Waals surface area (Å²) in [6, 6.07) is 2.19. The van der Waals surface area contributed by atoms with Crippen LogP contribution in [0, 0.1) is 0 Å². The molecule has 0 fully saturated rings. The van der Waals surface area contributed by atoms with Crippen LogP contribution in [0.5, 0.6) is 0 Å². The number of pyridine rings is 1. The van der Waals surface area contributed by atoms with Crippen molar-refractivity contribution in [1.82, 2.24) is 4.98 Å². The van der Waals surface area contributed by atoms with Crippen LogP contribution in [-0.2, 0) is 19.1 Å². The Morgan fingerprint density at radius 1 is 1.43 bits per heavy atom. The highest BCUT2D eigenvalue weighted by molar-refractivity contribution is 6.10. The molecule has 0 radical (unpaired) electrons. The van der Waals surface area contributed by atoms with Crippen LogP contribution in [0.2, 0.25) is 0 Å². The number of amides is 2. The molecule has 1 aliphatic heterocycles. The number of hydrogen-bond donors (Lipinski definition) is 1. The molecule has 1 aromatic rings. The first kappa shape index (κ1) is 16.7. The molecule has 0 bridgehead atoms. The predicted molar refractivity (Wildman–Crippen MR) is 82.0 cm³/mol. The standard InChI is InChI=1S/C15H19N3O5/c1-4-22-12(19)8-11-14(20)17-10-6-5-7-16-13(10)18(11)15(21)23-9(2)3/h5-7,9,11H,4,8H2,1-3H3,(H,17,20). The van der Waals surface area contributed by atoms with Gasteiger partial charge in [-0.3, -0.25) is 9.59 Å². The molecule has 23 heavy (non-hydrogen) atoms. The summed E-state index contributed by atoms with van der Waals surface area (Å²) < 4.78 is 10.1. The maximum absolute atomic E-state index is 12.4. The number of carbonyl (C=O) groups excluding carboxylic acids is 3. The van der Waals surface area contributed by atoms with Gasteiger partial charge in [0.25, 0.3) is 0 Å². The molecule has 0 spiro atoms. The van der Waals surface area contributed by atoms with Crippen molar-refractivity contribution in [3.05, 3.63) is 18.3 Å². The fourth-order valence-corrected chi connectivity index (χ4v) is 2.20. The average Bonchev–Trinajstić information content (AvgIpc) is 2.47. The monoisotopic (exact) mass is 321 g/mol. The third kappa shape index (κ3) is 3.77. The van der Waals surface area contributed by atoms with Gasteiger partial charge in [0, 0.05) is 6.20 Å². The number of carbonyl (C=O) groups is 3. The topological polar surface area (TPSA) is 97.8 Å². The molecular weight excluding hydrogens is 302 g/mol. The zero-order valence-electron chi connectivity index (χ0n) is 13.2. The molecule has 0 saturated carbocycles. The second kappa shape index (κ2) is 7.08. The Morgan fingerprint density at radius 2 is 2.17 bits per heavy atom. The van der Waals surface area contributed by atoms with Gasteiger partial charge in [-0.25, -0.2) is 14.7 Å². The molecule has 1 aromatic heterocycles. The molecular formula is C15H19N3O5. The van der Waals surface area contributed by atoms with Gasteiger partial charge in [0.05, 0.1) is 24.8 Å². The lowest BCUT2D eigenvalue weighted by atomic mass is 10.1. The maximum Gasteiger partial charge on any atom is 0.416 e. The number of rotatable bonds is 4. The quantitative estimate of drug-likeness (QED) is 0.848. The second-order valence-electron chi connectivity index (χ2n) is 5.19. The van der Waals surface area contributed by atoms with Crippen LogP contribution in [0.3, 0.4) is 0 Å². The molecule has 124 valence electrons. The lowest BCUT2D eigenvalue weighted by Gasteiger charge is -2.34. The van der Waals surface area contributed by atoms with Crippen molar-refractivity contribution in [2.45, 2.75) is 39.3 Å². The summed E-state index contributed by atoms with van der Waals surface area (Å²) in [5.41, 5.74) is 0.387. The fraction of sp³-hybridized carbons (Fsp3) is 0.467. The van der Waals surface area contributed by atoms with Crippen LogP contribution in [-0.4, -0.2) is 41.7 Å². The van der Waals surface area contributed by atoms with E-state index >= 15 is 0 Å². The van der Waals surface area contributed by atoms with Gasteiger partial charge in [-0.15, -0.1) is 0 Å². The first-order valence-electron chi connectivity index (χ1n) is 7.35.